The van der Waals surface area contributed by atoms with E-state index < -0.39 is 6.10 Å². The van der Waals surface area contributed by atoms with Crippen LogP contribution in [0, 0.1) is 0 Å². The van der Waals surface area contributed by atoms with Gasteiger partial charge in [-0.25, -0.2) is 0 Å². The van der Waals surface area contributed by atoms with E-state index in [1.54, 1.807) is 43.3 Å². The first kappa shape index (κ1) is 19.6. The molecule has 0 aromatic heterocycles. The first-order chi connectivity index (χ1) is 12.4. The molecular formula is C19H21ClN2O4. The molecule has 26 heavy (non-hydrogen) atoms. The van der Waals surface area contributed by atoms with E-state index in [1.165, 1.54) is 12.1 Å². The van der Waals surface area contributed by atoms with Crippen LogP contribution in [0.3, 0.4) is 0 Å². The predicted molar refractivity (Wildman–Crippen MR) is 99.4 cm³/mol. The molecule has 0 spiro atoms. The van der Waals surface area contributed by atoms with Crippen LogP contribution >= 0.6 is 11.6 Å². The number of amides is 2. The van der Waals surface area contributed by atoms with Gasteiger partial charge in [-0.15, -0.1) is 0 Å². The molecule has 2 amide bonds. The van der Waals surface area contributed by atoms with Crippen LogP contribution < -0.4 is 15.4 Å². The minimum absolute atomic E-state index is 0.129. The van der Waals surface area contributed by atoms with E-state index >= 15 is 0 Å². The fourth-order valence-electron chi connectivity index (χ4n) is 2.16. The minimum atomic E-state index is -0.690. The molecule has 6 nitrogen and oxygen atoms in total. The van der Waals surface area contributed by atoms with E-state index in [0.717, 1.165) is 5.56 Å². The smallest absolute Gasteiger partial charge is 0.260 e. The van der Waals surface area contributed by atoms with Gasteiger partial charge in [0.05, 0.1) is 6.42 Å². The Morgan fingerprint density at radius 3 is 2.31 bits per heavy atom. The van der Waals surface area contributed by atoms with Gasteiger partial charge in [-0.1, -0.05) is 23.7 Å². The highest BCUT2D eigenvalue weighted by Gasteiger charge is 2.14. The van der Waals surface area contributed by atoms with Crippen molar-refractivity contribution in [3.05, 3.63) is 59.1 Å². The van der Waals surface area contributed by atoms with Crippen molar-refractivity contribution in [3.63, 3.8) is 0 Å². The molecule has 0 saturated carbocycles. The molecule has 0 saturated heterocycles. The third-order valence-electron chi connectivity index (χ3n) is 3.54. The Balaban J connectivity index is 1.65. The summed E-state index contributed by atoms with van der Waals surface area (Å²) in [5.74, 6) is 0.200. The van der Waals surface area contributed by atoms with Gasteiger partial charge in [-0.05, 0) is 48.9 Å². The van der Waals surface area contributed by atoms with E-state index in [0.29, 0.717) is 23.9 Å². The molecule has 0 radical (unpaired) electrons. The largest absolute Gasteiger partial charge is 0.508 e. The number of benzene rings is 2. The number of rotatable bonds is 8. The average molecular weight is 377 g/mol. The second-order valence-corrected chi connectivity index (χ2v) is 6.13. The van der Waals surface area contributed by atoms with E-state index in [4.69, 9.17) is 16.3 Å². The third-order valence-corrected chi connectivity index (χ3v) is 3.80. The lowest BCUT2D eigenvalue weighted by atomic mass is 10.1. The van der Waals surface area contributed by atoms with Crippen molar-refractivity contribution >= 4 is 23.4 Å². The van der Waals surface area contributed by atoms with Gasteiger partial charge in [0.25, 0.3) is 5.91 Å². The Kier molecular flexibility index (Phi) is 7.29. The van der Waals surface area contributed by atoms with E-state index in [1.807, 2.05) is 0 Å². The van der Waals surface area contributed by atoms with Crippen molar-refractivity contribution < 1.29 is 19.4 Å². The molecule has 0 aliphatic heterocycles. The Morgan fingerprint density at radius 1 is 1.04 bits per heavy atom. The molecule has 3 N–H and O–H groups in total. The van der Waals surface area contributed by atoms with Gasteiger partial charge in [-0.3, -0.25) is 9.59 Å². The molecule has 0 fully saturated rings. The van der Waals surface area contributed by atoms with Crippen LogP contribution in [-0.2, 0) is 16.0 Å². The van der Waals surface area contributed by atoms with Gasteiger partial charge in [0, 0.05) is 18.1 Å². The van der Waals surface area contributed by atoms with E-state index in [2.05, 4.69) is 10.6 Å². The molecular weight excluding hydrogens is 356 g/mol. The van der Waals surface area contributed by atoms with Crippen molar-refractivity contribution in [1.29, 1.82) is 0 Å². The van der Waals surface area contributed by atoms with Crippen LogP contribution in [0.15, 0.2) is 48.5 Å². The number of nitrogens with one attached hydrogen (secondary N) is 2. The van der Waals surface area contributed by atoms with Gasteiger partial charge in [-0.2, -0.15) is 0 Å². The summed E-state index contributed by atoms with van der Waals surface area (Å²) in [5.41, 5.74) is 0.867. The zero-order valence-electron chi connectivity index (χ0n) is 14.4. The number of phenolic OH excluding ortho intramolecular Hbond substituents is 1. The van der Waals surface area contributed by atoms with Crippen LogP contribution in [0.25, 0.3) is 0 Å². The third kappa shape index (κ3) is 6.64. The SMILES string of the molecule is CC(Oc1ccc(O)cc1)C(=O)NCCNC(=O)Cc1ccc(Cl)cc1. The number of hydrogen-bond acceptors (Lipinski definition) is 4. The number of carbonyl (C=O) groups excluding carboxylic acids is 2. The number of carbonyl (C=O) groups is 2. The molecule has 0 aliphatic rings. The zero-order valence-corrected chi connectivity index (χ0v) is 15.1. The van der Waals surface area contributed by atoms with Crippen LogP contribution in [0.2, 0.25) is 5.02 Å². The Bertz CT molecular complexity index is 732. The van der Waals surface area contributed by atoms with Gasteiger partial charge in [0.2, 0.25) is 5.91 Å². The quantitative estimate of drug-likeness (QED) is 0.617. The predicted octanol–water partition coefficient (Wildman–Crippen LogP) is 2.29. The van der Waals surface area contributed by atoms with Crippen LogP contribution in [-0.4, -0.2) is 36.1 Å². The van der Waals surface area contributed by atoms with Crippen molar-refractivity contribution in [2.75, 3.05) is 13.1 Å². The number of hydrogen-bond donors (Lipinski definition) is 3. The second kappa shape index (κ2) is 9.68. The molecule has 0 bridgehead atoms. The van der Waals surface area contributed by atoms with Crippen LogP contribution in [0.1, 0.15) is 12.5 Å². The lowest BCUT2D eigenvalue weighted by molar-refractivity contribution is -0.127. The summed E-state index contributed by atoms with van der Waals surface area (Å²) in [6.07, 6.45) is -0.435. The highest BCUT2D eigenvalue weighted by atomic mass is 35.5. The molecule has 1 atom stereocenters. The Morgan fingerprint density at radius 2 is 1.65 bits per heavy atom. The highest BCUT2D eigenvalue weighted by Crippen LogP contribution is 2.17. The van der Waals surface area contributed by atoms with Crippen molar-refractivity contribution in [1.82, 2.24) is 10.6 Å². The fourth-order valence-corrected chi connectivity index (χ4v) is 2.29. The van der Waals surface area contributed by atoms with Gasteiger partial charge in [0.1, 0.15) is 11.5 Å². The number of phenols is 1. The van der Waals surface area contributed by atoms with Gasteiger partial charge >= 0.3 is 0 Å². The molecule has 138 valence electrons. The second-order valence-electron chi connectivity index (χ2n) is 5.70. The summed E-state index contributed by atoms with van der Waals surface area (Å²) in [4.78, 5) is 23.8. The topological polar surface area (TPSA) is 87.7 Å². The van der Waals surface area contributed by atoms with Crippen LogP contribution in [0.5, 0.6) is 11.5 Å². The highest BCUT2D eigenvalue weighted by molar-refractivity contribution is 6.30. The molecule has 7 heteroatoms. The summed E-state index contributed by atoms with van der Waals surface area (Å²) in [6.45, 7) is 2.25. The minimum Gasteiger partial charge on any atom is -0.508 e. The number of halogens is 1. The van der Waals surface area contributed by atoms with E-state index in [-0.39, 0.29) is 24.0 Å². The van der Waals surface area contributed by atoms with E-state index in [9.17, 15) is 14.7 Å². The molecule has 2 aromatic carbocycles. The molecule has 0 aliphatic carbocycles. The van der Waals surface area contributed by atoms with Crippen molar-refractivity contribution in [3.8, 4) is 11.5 Å². The average Bonchev–Trinajstić information content (AvgIpc) is 2.62. The molecule has 2 rings (SSSR count). The maximum Gasteiger partial charge on any atom is 0.260 e. The summed E-state index contributed by atoms with van der Waals surface area (Å²) < 4.78 is 5.48. The summed E-state index contributed by atoms with van der Waals surface area (Å²) >= 11 is 5.80. The first-order valence-corrected chi connectivity index (χ1v) is 8.56. The van der Waals surface area contributed by atoms with Crippen molar-refractivity contribution in [2.45, 2.75) is 19.4 Å². The zero-order chi connectivity index (χ0) is 18.9. The normalized spacial score (nSPS) is 11.5. The maximum atomic E-state index is 12.0. The van der Waals surface area contributed by atoms with Crippen molar-refractivity contribution in [2.24, 2.45) is 0 Å². The van der Waals surface area contributed by atoms with Gasteiger partial charge < -0.3 is 20.5 Å². The monoisotopic (exact) mass is 376 g/mol. The number of aromatic hydroxyl groups is 1. The standard InChI is InChI=1S/C19H21ClN2O4/c1-13(26-17-8-6-16(23)7-9-17)19(25)22-11-10-21-18(24)12-14-2-4-15(20)5-3-14/h2-9,13,23H,10-12H2,1H3,(H,21,24)(H,22,25). The fraction of sp³-hybridized carbons (Fsp3) is 0.263. The molecule has 2 aromatic rings. The lowest BCUT2D eigenvalue weighted by Gasteiger charge is -2.15. The molecule has 0 heterocycles. The summed E-state index contributed by atoms with van der Waals surface area (Å²) in [7, 11) is 0. The first-order valence-electron chi connectivity index (χ1n) is 8.18. The van der Waals surface area contributed by atoms with Gasteiger partial charge in [0.15, 0.2) is 6.10 Å². The molecule has 1 unspecified atom stereocenters. The summed E-state index contributed by atoms with van der Waals surface area (Å²) in [6, 6.07) is 13.2. The van der Waals surface area contributed by atoms with Crippen LogP contribution in [0.4, 0.5) is 0 Å². The summed E-state index contributed by atoms with van der Waals surface area (Å²) in [5, 5.41) is 15.3. The lowest BCUT2D eigenvalue weighted by Crippen LogP contribution is -2.41. The maximum absolute atomic E-state index is 12.0. The number of ether oxygens (including phenoxy) is 1. The Hall–Kier alpha value is -2.73. The Labute approximate surface area is 157 Å².